The van der Waals surface area contributed by atoms with Crippen LogP contribution in [-0.2, 0) is 13.6 Å². The zero-order chi connectivity index (χ0) is 11.3. The third-order valence-electron chi connectivity index (χ3n) is 2.03. The molecular weight excluding hydrogens is 188 g/mol. The fourth-order valence-corrected chi connectivity index (χ4v) is 1.30. The first kappa shape index (κ1) is 12.2. The molecule has 2 N–H and O–H groups in total. The van der Waals surface area contributed by atoms with Crippen molar-refractivity contribution in [2.75, 3.05) is 13.1 Å². The Morgan fingerprint density at radius 2 is 2.07 bits per heavy atom. The average molecular weight is 210 g/mol. The van der Waals surface area contributed by atoms with Crippen molar-refractivity contribution in [1.82, 2.24) is 20.4 Å². The number of nitrogens with one attached hydrogen (secondary N) is 2. The van der Waals surface area contributed by atoms with Crippen molar-refractivity contribution < 1.29 is 0 Å². The van der Waals surface area contributed by atoms with Crippen LogP contribution in [0, 0.1) is 0 Å². The molecule has 0 atom stereocenters. The molecule has 0 unspecified atom stereocenters. The Labute approximate surface area is 92.1 Å². The van der Waals surface area contributed by atoms with Gasteiger partial charge in [0.15, 0.2) is 0 Å². The molecule has 0 aliphatic heterocycles. The molecule has 0 amide bonds. The summed E-state index contributed by atoms with van der Waals surface area (Å²) in [5, 5.41) is 11.1. The molecule has 1 heterocycles. The smallest absolute Gasteiger partial charge is 0.0762 e. The van der Waals surface area contributed by atoms with Gasteiger partial charge in [-0.1, -0.05) is 0 Å². The largest absolute Gasteiger partial charge is 0.311 e. The monoisotopic (exact) mass is 210 g/mol. The summed E-state index contributed by atoms with van der Waals surface area (Å²) in [5.74, 6) is 0. The predicted octanol–water partition coefficient (Wildman–Crippen LogP) is 0.898. The Bertz CT molecular complexity index is 285. The van der Waals surface area contributed by atoms with Crippen LogP contribution in [0.25, 0.3) is 0 Å². The van der Waals surface area contributed by atoms with E-state index in [-0.39, 0.29) is 5.54 Å². The third kappa shape index (κ3) is 5.54. The molecule has 0 fully saturated rings. The van der Waals surface area contributed by atoms with Crippen LogP contribution in [0.4, 0.5) is 0 Å². The van der Waals surface area contributed by atoms with Crippen LogP contribution < -0.4 is 10.6 Å². The van der Waals surface area contributed by atoms with E-state index in [0.29, 0.717) is 0 Å². The molecule has 1 rings (SSSR count). The van der Waals surface area contributed by atoms with Crippen molar-refractivity contribution in [1.29, 1.82) is 0 Å². The van der Waals surface area contributed by atoms with Gasteiger partial charge in [-0.3, -0.25) is 4.68 Å². The van der Waals surface area contributed by atoms with Crippen molar-refractivity contribution in [2.45, 2.75) is 32.9 Å². The molecule has 0 aliphatic carbocycles. The standard InChI is InChI=1S/C11H22N4/c1-11(2,3)13-7-6-12-9-10-5-8-15(4)14-10/h5,8,12-13H,6-7,9H2,1-4H3. The minimum absolute atomic E-state index is 0.201. The van der Waals surface area contributed by atoms with Crippen LogP contribution in [0.3, 0.4) is 0 Å². The van der Waals surface area contributed by atoms with Gasteiger partial charge in [-0.15, -0.1) is 0 Å². The Morgan fingerprint density at radius 1 is 1.33 bits per heavy atom. The SMILES string of the molecule is Cn1ccc(CNCCNC(C)(C)C)n1. The molecule has 0 aliphatic rings. The van der Waals surface area contributed by atoms with E-state index in [4.69, 9.17) is 0 Å². The topological polar surface area (TPSA) is 41.9 Å². The second kappa shape index (κ2) is 5.28. The molecule has 0 aromatic carbocycles. The Balaban J connectivity index is 2.07. The summed E-state index contributed by atoms with van der Waals surface area (Å²) >= 11 is 0. The number of rotatable bonds is 5. The summed E-state index contributed by atoms with van der Waals surface area (Å²) in [4.78, 5) is 0. The van der Waals surface area contributed by atoms with Crippen molar-refractivity contribution in [3.8, 4) is 0 Å². The molecule has 0 spiro atoms. The summed E-state index contributed by atoms with van der Waals surface area (Å²) in [6, 6.07) is 2.03. The van der Waals surface area contributed by atoms with E-state index >= 15 is 0 Å². The molecule has 0 saturated carbocycles. The maximum Gasteiger partial charge on any atom is 0.0762 e. The molecule has 15 heavy (non-hydrogen) atoms. The Kier molecular flexibility index (Phi) is 4.29. The number of nitrogens with zero attached hydrogens (tertiary/aromatic N) is 2. The maximum atomic E-state index is 4.29. The highest BCUT2D eigenvalue weighted by molar-refractivity contribution is 4.97. The van der Waals surface area contributed by atoms with E-state index < -0.39 is 0 Å². The normalized spacial score (nSPS) is 12.0. The maximum absolute atomic E-state index is 4.29. The number of hydrogen-bond acceptors (Lipinski definition) is 3. The number of hydrogen-bond donors (Lipinski definition) is 2. The van der Waals surface area contributed by atoms with Crippen LogP contribution in [0.1, 0.15) is 26.5 Å². The van der Waals surface area contributed by atoms with Gasteiger partial charge in [0.2, 0.25) is 0 Å². The molecule has 4 nitrogen and oxygen atoms in total. The van der Waals surface area contributed by atoms with Crippen LogP contribution in [0.2, 0.25) is 0 Å². The predicted molar refractivity (Wildman–Crippen MR) is 62.7 cm³/mol. The van der Waals surface area contributed by atoms with Crippen LogP contribution >= 0.6 is 0 Å². The highest BCUT2D eigenvalue weighted by Crippen LogP contribution is 1.96. The highest BCUT2D eigenvalue weighted by Gasteiger charge is 2.06. The van der Waals surface area contributed by atoms with E-state index in [9.17, 15) is 0 Å². The van der Waals surface area contributed by atoms with Gasteiger partial charge >= 0.3 is 0 Å². The second-order valence-electron chi connectivity index (χ2n) is 4.83. The van der Waals surface area contributed by atoms with E-state index in [1.165, 1.54) is 0 Å². The number of aromatic nitrogens is 2. The van der Waals surface area contributed by atoms with Crippen LogP contribution in [0.15, 0.2) is 12.3 Å². The second-order valence-corrected chi connectivity index (χ2v) is 4.83. The molecule has 0 radical (unpaired) electrons. The molecule has 86 valence electrons. The third-order valence-corrected chi connectivity index (χ3v) is 2.03. The number of aryl methyl sites for hydroxylation is 1. The summed E-state index contributed by atoms with van der Waals surface area (Å²) < 4.78 is 1.82. The molecular formula is C11H22N4. The van der Waals surface area contributed by atoms with Crippen molar-refractivity contribution in [3.63, 3.8) is 0 Å². The van der Waals surface area contributed by atoms with Gasteiger partial charge in [0.25, 0.3) is 0 Å². The van der Waals surface area contributed by atoms with E-state index in [1.54, 1.807) is 0 Å². The van der Waals surface area contributed by atoms with E-state index in [1.807, 2.05) is 24.0 Å². The first-order chi connectivity index (χ1) is 6.97. The van der Waals surface area contributed by atoms with Crippen LogP contribution in [-0.4, -0.2) is 28.4 Å². The lowest BCUT2D eigenvalue weighted by molar-refractivity contribution is 0.421. The van der Waals surface area contributed by atoms with Crippen LogP contribution in [0.5, 0.6) is 0 Å². The van der Waals surface area contributed by atoms with Crippen molar-refractivity contribution in [2.24, 2.45) is 7.05 Å². The van der Waals surface area contributed by atoms with Crippen molar-refractivity contribution >= 4 is 0 Å². The molecule has 0 saturated heterocycles. The molecule has 0 bridgehead atoms. The average Bonchev–Trinajstić information content (AvgIpc) is 2.49. The summed E-state index contributed by atoms with van der Waals surface area (Å²) in [5.41, 5.74) is 1.29. The Hall–Kier alpha value is -0.870. The van der Waals surface area contributed by atoms with E-state index in [2.05, 4.69) is 36.5 Å². The highest BCUT2D eigenvalue weighted by atomic mass is 15.3. The zero-order valence-corrected chi connectivity index (χ0v) is 10.2. The van der Waals surface area contributed by atoms with E-state index in [0.717, 1.165) is 25.3 Å². The zero-order valence-electron chi connectivity index (χ0n) is 10.2. The lowest BCUT2D eigenvalue weighted by atomic mass is 10.1. The molecule has 1 aromatic rings. The lowest BCUT2D eigenvalue weighted by Gasteiger charge is -2.20. The van der Waals surface area contributed by atoms with Gasteiger partial charge in [0.1, 0.15) is 0 Å². The minimum atomic E-state index is 0.201. The fraction of sp³-hybridized carbons (Fsp3) is 0.727. The minimum Gasteiger partial charge on any atom is -0.311 e. The van der Waals surface area contributed by atoms with Gasteiger partial charge in [0.05, 0.1) is 5.69 Å². The molecule has 4 heteroatoms. The summed E-state index contributed by atoms with van der Waals surface area (Å²) in [6.45, 7) is 9.31. The molecule has 1 aromatic heterocycles. The summed E-state index contributed by atoms with van der Waals surface area (Å²) in [7, 11) is 1.94. The van der Waals surface area contributed by atoms with Crippen molar-refractivity contribution in [3.05, 3.63) is 18.0 Å². The fourth-order valence-electron chi connectivity index (χ4n) is 1.30. The van der Waals surface area contributed by atoms with Gasteiger partial charge < -0.3 is 10.6 Å². The Morgan fingerprint density at radius 3 is 2.60 bits per heavy atom. The first-order valence-corrected chi connectivity index (χ1v) is 5.42. The first-order valence-electron chi connectivity index (χ1n) is 5.42. The quantitative estimate of drug-likeness (QED) is 0.710. The van der Waals surface area contributed by atoms with Gasteiger partial charge in [0, 0.05) is 38.4 Å². The van der Waals surface area contributed by atoms with Gasteiger partial charge in [-0.2, -0.15) is 5.10 Å². The summed E-state index contributed by atoms with van der Waals surface area (Å²) in [6.07, 6.45) is 1.96. The lowest BCUT2D eigenvalue weighted by Crippen LogP contribution is -2.40. The van der Waals surface area contributed by atoms with Gasteiger partial charge in [-0.25, -0.2) is 0 Å². The van der Waals surface area contributed by atoms with Gasteiger partial charge in [-0.05, 0) is 26.8 Å².